The molecule has 8 heteroatoms. The largest absolute Gasteiger partial charge is 0.310 e. The van der Waals surface area contributed by atoms with Gasteiger partial charge in [0.15, 0.2) is 5.82 Å². The third-order valence-corrected chi connectivity index (χ3v) is 4.48. The summed E-state index contributed by atoms with van der Waals surface area (Å²) < 4.78 is 1.92. The average Bonchev–Trinajstić information content (AvgIpc) is 3.18. The molecule has 4 aromatic rings. The van der Waals surface area contributed by atoms with Crippen LogP contribution in [0.1, 0.15) is 30.2 Å². The van der Waals surface area contributed by atoms with Crippen molar-refractivity contribution in [3.05, 3.63) is 65.6 Å². The summed E-state index contributed by atoms with van der Waals surface area (Å²) in [6.07, 6.45) is 1.67. The second-order valence-electron chi connectivity index (χ2n) is 6.56. The Morgan fingerprint density at radius 1 is 1.11 bits per heavy atom. The minimum absolute atomic E-state index is 0.196. The van der Waals surface area contributed by atoms with Crippen LogP contribution >= 0.6 is 11.6 Å². The van der Waals surface area contributed by atoms with Crippen LogP contribution in [0.15, 0.2) is 54.9 Å². The first-order valence-corrected chi connectivity index (χ1v) is 9.13. The molecule has 28 heavy (non-hydrogen) atoms. The van der Waals surface area contributed by atoms with Crippen LogP contribution in [0.4, 0.5) is 5.82 Å². The van der Waals surface area contributed by atoms with Gasteiger partial charge < -0.3 is 9.88 Å². The minimum atomic E-state index is -0.279. The highest BCUT2D eigenvalue weighted by molar-refractivity contribution is 6.29. The molecule has 0 aliphatic heterocycles. The van der Waals surface area contributed by atoms with Gasteiger partial charge in [-0.25, -0.2) is 9.97 Å². The summed E-state index contributed by atoms with van der Waals surface area (Å²) in [5, 5.41) is 12.2. The molecule has 0 saturated carbocycles. The van der Waals surface area contributed by atoms with Gasteiger partial charge in [-0.2, -0.15) is 0 Å². The third-order valence-electron chi connectivity index (χ3n) is 4.27. The summed E-state index contributed by atoms with van der Waals surface area (Å²) in [5.74, 6) is 0.800. The first-order chi connectivity index (χ1) is 13.5. The number of fused-ring (bicyclic) bond motifs is 1. The normalized spacial score (nSPS) is 11.1. The van der Waals surface area contributed by atoms with Gasteiger partial charge in [-0.05, 0) is 50.2 Å². The van der Waals surface area contributed by atoms with Gasteiger partial charge in [0.1, 0.15) is 23.0 Å². The Balaban J connectivity index is 1.61. The number of hydrogen-bond donors (Lipinski definition) is 1. The van der Waals surface area contributed by atoms with E-state index in [1.807, 2.05) is 42.7 Å². The summed E-state index contributed by atoms with van der Waals surface area (Å²) in [5.41, 5.74) is 1.77. The average molecular weight is 393 g/mol. The molecule has 0 aliphatic rings. The van der Waals surface area contributed by atoms with Crippen molar-refractivity contribution in [2.75, 3.05) is 5.32 Å². The van der Waals surface area contributed by atoms with Gasteiger partial charge in [0.25, 0.3) is 5.91 Å². The fourth-order valence-corrected chi connectivity index (χ4v) is 3.01. The molecule has 0 radical (unpaired) electrons. The van der Waals surface area contributed by atoms with Crippen molar-refractivity contribution in [3.8, 4) is 11.5 Å². The lowest BCUT2D eigenvalue weighted by molar-refractivity contribution is 0.102. The van der Waals surface area contributed by atoms with E-state index in [4.69, 9.17) is 11.6 Å². The standard InChI is InChI=1S/C20H17ClN6O/c1-12(2)27-11-22-26-19(27)15-4-3-5-18(24-15)25-20(28)14-7-6-13-8-9-17(21)23-16(13)10-14/h3-12H,1-2H3,(H,24,25,28). The molecule has 1 N–H and O–H groups in total. The van der Waals surface area contributed by atoms with E-state index >= 15 is 0 Å². The molecule has 3 heterocycles. The Morgan fingerprint density at radius 2 is 1.93 bits per heavy atom. The predicted octanol–water partition coefficient (Wildman–Crippen LogP) is 4.37. The minimum Gasteiger partial charge on any atom is -0.310 e. The number of halogens is 1. The number of amides is 1. The van der Waals surface area contributed by atoms with Crippen molar-refractivity contribution in [3.63, 3.8) is 0 Å². The Morgan fingerprint density at radius 3 is 2.75 bits per heavy atom. The van der Waals surface area contributed by atoms with Gasteiger partial charge in [0.2, 0.25) is 0 Å². The zero-order valence-corrected chi connectivity index (χ0v) is 16.1. The van der Waals surface area contributed by atoms with Gasteiger partial charge in [0.05, 0.1) is 5.52 Å². The SMILES string of the molecule is CC(C)n1cnnc1-c1cccc(NC(=O)c2ccc3ccc(Cl)nc3c2)n1. The van der Waals surface area contributed by atoms with Crippen molar-refractivity contribution in [1.29, 1.82) is 0 Å². The van der Waals surface area contributed by atoms with E-state index in [0.29, 0.717) is 33.6 Å². The van der Waals surface area contributed by atoms with E-state index in [2.05, 4.69) is 25.5 Å². The Bertz CT molecular complexity index is 1170. The van der Waals surface area contributed by atoms with E-state index in [1.54, 1.807) is 30.6 Å². The van der Waals surface area contributed by atoms with E-state index in [0.717, 1.165) is 5.39 Å². The highest BCUT2D eigenvalue weighted by atomic mass is 35.5. The molecule has 0 spiro atoms. The topological polar surface area (TPSA) is 85.6 Å². The number of carbonyl (C=O) groups excluding carboxylic acids is 1. The number of hydrogen-bond acceptors (Lipinski definition) is 5. The lowest BCUT2D eigenvalue weighted by Gasteiger charge is -2.10. The maximum absolute atomic E-state index is 12.7. The van der Waals surface area contributed by atoms with Crippen molar-refractivity contribution >= 4 is 34.2 Å². The molecular weight excluding hydrogens is 376 g/mol. The van der Waals surface area contributed by atoms with Crippen LogP contribution in [-0.4, -0.2) is 30.6 Å². The smallest absolute Gasteiger partial charge is 0.256 e. The summed E-state index contributed by atoms with van der Waals surface area (Å²) in [6.45, 7) is 4.08. The van der Waals surface area contributed by atoms with E-state index in [9.17, 15) is 4.79 Å². The number of benzene rings is 1. The first-order valence-electron chi connectivity index (χ1n) is 8.76. The van der Waals surface area contributed by atoms with Gasteiger partial charge in [0, 0.05) is 17.0 Å². The van der Waals surface area contributed by atoms with Crippen LogP contribution in [0.25, 0.3) is 22.4 Å². The number of aromatic nitrogens is 5. The molecular formula is C20H17ClN6O. The molecule has 7 nitrogen and oxygen atoms in total. The summed E-state index contributed by atoms with van der Waals surface area (Å²) in [4.78, 5) is 21.4. The number of anilines is 1. The summed E-state index contributed by atoms with van der Waals surface area (Å²) in [7, 11) is 0. The molecule has 0 atom stereocenters. The van der Waals surface area contributed by atoms with Crippen LogP contribution in [0.2, 0.25) is 5.15 Å². The molecule has 140 valence electrons. The number of nitrogens with one attached hydrogen (secondary N) is 1. The fourth-order valence-electron chi connectivity index (χ4n) is 2.85. The van der Waals surface area contributed by atoms with E-state index in [1.165, 1.54) is 0 Å². The van der Waals surface area contributed by atoms with Crippen molar-refractivity contribution in [1.82, 2.24) is 24.7 Å². The lowest BCUT2D eigenvalue weighted by atomic mass is 10.1. The second-order valence-corrected chi connectivity index (χ2v) is 6.95. The van der Waals surface area contributed by atoms with Gasteiger partial charge in [-0.3, -0.25) is 4.79 Å². The molecule has 0 unspecified atom stereocenters. The Hall–Kier alpha value is -3.32. The zero-order valence-electron chi connectivity index (χ0n) is 15.3. The van der Waals surface area contributed by atoms with Crippen LogP contribution in [0.3, 0.4) is 0 Å². The number of pyridine rings is 2. The number of nitrogens with zero attached hydrogens (tertiary/aromatic N) is 5. The van der Waals surface area contributed by atoms with E-state index in [-0.39, 0.29) is 11.9 Å². The third kappa shape index (κ3) is 3.57. The maximum atomic E-state index is 12.7. The first kappa shape index (κ1) is 18.1. The predicted molar refractivity (Wildman–Crippen MR) is 108 cm³/mol. The second kappa shape index (κ2) is 7.36. The molecule has 0 aliphatic carbocycles. The van der Waals surface area contributed by atoms with Crippen molar-refractivity contribution in [2.45, 2.75) is 19.9 Å². The van der Waals surface area contributed by atoms with Gasteiger partial charge in [-0.15, -0.1) is 10.2 Å². The molecule has 0 bridgehead atoms. The lowest BCUT2D eigenvalue weighted by Crippen LogP contribution is -2.13. The van der Waals surface area contributed by atoms with E-state index < -0.39 is 0 Å². The molecule has 3 aromatic heterocycles. The Kier molecular flexibility index (Phi) is 4.75. The molecule has 1 amide bonds. The van der Waals surface area contributed by atoms with Crippen molar-refractivity contribution in [2.24, 2.45) is 0 Å². The van der Waals surface area contributed by atoms with Crippen LogP contribution in [0.5, 0.6) is 0 Å². The fraction of sp³-hybridized carbons (Fsp3) is 0.150. The molecule has 1 aromatic carbocycles. The molecule has 4 rings (SSSR count). The Labute approximate surface area is 166 Å². The summed E-state index contributed by atoms with van der Waals surface area (Å²) in [6, 6.07) is 14.4. The monoisotopic (exact) mass is 392 g/mol. The quantitative estimate of drug-likeness (QED) is 0.521. The highest BCUT2D eigenvalue weighted by Gasteiger charge is 2.13. The van der Waals surface area contributed by atoms with Gasteiger partial charge in [-0.1, -0.05) is 23.7 Å². The van der Waals surface area contributed by atoms with Gasteiger partial charge >= 0.3 is 0 Å². The zero-order chi connectivity index (χ0) is 19.7. The summed E-state index contributed by atoms with van der Waals surface area (Å²) >= 11 is 5.95. The van der Waals surface area contributed by atoms with Crippen molar-refractivity contribution < 1.29 is 4.79 Å². The number of rotatable bonds is 4. The maximum Gasteiger partial charge on any atom is 0.256 e. The van der Waals surface area contributed by atoms with Crippen LogP contribution in [0, 0.1) is 0 Å². The molecule has 0 saturated heterocycles. The molecule has 0 fully saturated rings. The van der Waals surface area contributed by atoms with Crippen LogP contribution in [-0.2, 0) is 0 Å². The highest BCUT2D eigenvalue weighted by Crippen LogP contribution is 2.21. The number of carbonyl (C=O) groups is 1. The van der Waals surface area contributed by atoms with Crippen LogP contribution < -0.4 is 5.32 Å².